The van der Waals surface area contributed by atoms with Crippen molar-refractivity contribution in [2.45, 2.75) is 45.8 Å². The number of carbonyl (C=O) groups is 2. The van der Waals surface area contributed by atoms with Crippen molar-refractivity contribution in [3.05, 3.63) is 136 Å². The van der Waals surface area contributed by atoms with E-state index in [1.165, 1.54) is 0 Å². The van der Waals surface area contributed by atoms with Crippen molar-refractivity contribution in [3.63, 3.8) is 0 Å². The van der Waals surface area contributed by atoms with Gasteiger partial charge in [0.2, 0.25) is 5.91 Å². The number of hydrogen-bond acceptors (Lipinski definition) is 4. The number of para-hydroxylation sites is 2. The first-order valence-corrected chi connectivity index (χ1v) is 14.6. The zero-order chi connectivity index (χ0) is 29.3. The van der Waals surface area contributed by atoms with Gasteiger partial charge in [0.1, 0.15) is 12.4 Å². The molecule has 6 rings (SSSR count). The quantitative estimate of drug-likeness (QED) is 0.251. The number of ether oxygens (including phenoxy) is 1. The van der Waals surface area contributed by atoms with Crippen LogP contribution in [0, 0.1) is 5.41 Å². The summed E-state index contributed by atoms with van der Waals surface area (Å²) in [4.78, 5) is 30.0. The summed E-state index contributed by atoms with van der Waals surface area (Å²) < 4.78 is 6.05. The van der Waals surface area contributed by atoms with Gasteiger partial charge in [-0.2, -0.15) is 0 Å². The number of fused-ring (bicyclic) bond motifs is 1. The second kappa shape index (κ2) is 11.5. The van der Waals surface area contributed by atoms with Gasteiger partial charge in [-0.05, 0) is 64.9 Å². The molecule has 0 bridgehead atoms. The summed E-state index contributed by atoms with van der Waals surface area (Å²) in [7, 11) is 0. The number of anilines is 2. The zero-order valence-corrected chi connectivity index (χ0v) is 24.5. The van der Waals surface area contributed by atoms with E-state index in [-0.39, 0.29) is 23.5 Å². The Balaban J connectivity index is 1.43. The Morgan fingerprint density at radius 2 is 1.57 bits per heavy atom. The van der Waals surface area contributed by atoms with Crippen LogP contribution in [0.1, 0.15) is 49.4 Å². The van der Waals surface area contributed by atoms with Crippen molar-refractivity contribution in [1.82, 2.24) is 0 Å². The third kappa shape index (κ3) is 5.83. The van der Waals surface area contributed by atoms with E-state index < -0.39 is 6.04 Å². The van der Waals surface area contributed by atoms with Gasteiger partial charge in [-0.3, -0.25) is 14.5 Å². The van der Waals surface area contributed by atoms with Crippen LogP contribution in [0.2, 0.25) is 5.02 Å². The SMILES string of the molecule is CC1(C)CC(=O)C2=C(C1)Nc1ccccc1N(C(=O)Cc1ccc(Cl)cc1)[C@H]2c1ccc(OCc2ccccc2)cc1. The molecule has 212 valence electrons. The molecule has 0 saturated carbocycles. The fourth-order valence-electron chi connectivity index (χ4n) is 5.93. The standard InChI is InChI=1S/C36H33ClN2O3/c1-36(2)21-30-34(32(40)22-36)35(26-14-18-28(19-15-26)42-23-25-8-4-3-5-9-25)39(31-11-7-6-10-29(31)38-30)33(41)20-24-12-16-27(37)17-13-24/h3-19,35,38H,20-23H2,1-2H3/t35-/m0/s1. The molecule has 1 heterocycles. The van der Waals surface area contributed by atoms with Crippen LogP contribution in [-0.4, -0.2) is 11.7 Å². The molecular weight excluding hydrogens is 544 g/mol. The molecule has 1 atom stereocenters. The monoisotopic (exact) mass is 576 g/mol. The van der Waals surface area contributed by atoms with Crippen molar-refractivity contribution < 1.29 is 14.3 Å². The average molecular weight is 577 g/mol. The summed E-state index contributed by atoms with van der Waals surface area (Å²) in [6.45, 7) is 4.68. The molecular formula is C36H33ClN2O3. The van der Waals surface area contributed by atoms with Gasteiger partial charge in [-0.1, -0.05) is 92.2 Å². The van der Waals surface area contributed by atoms with Gasteiger partial charge in [0.05, 0.1) is 23.8 Å². The van der Waals surface area contributed by atoms with Gasteiger partial charge in [0, 0.05) is 22.7 Å². The minimum Gasteiger partial charge on any atom is -0.489 e. The van der Waals surface area contributed by atoms with Crippen LogP contribution in [0.4, 0.5) is 11.4 Å². The Bertz CT molecular complexity index is 1640. The maximum Gasteiger partial charge on any atom is 0.232 e. The number of amides is 1. The highest BCUT2D eigenvalue weighted by Crippen LogP contribution is 2.48. The molecule has 1 N–H and O–H groups in total. The van der Waals surface area contributed by atoms with Crippen molar-refractivity contribution in [2.24, 2.45) is 5.41 Å². The molecule has 0 radical (unpaired) electrons. The summed E-state index contributed by atoms with van der Waals surface area (Å²) in [6, 6.07) is 32.3. The minimum absolute atomic E-state index is 0.0558. The first-order valence-electron chi connectivity index (χ1n) is 14.2. The van der Waals surface area contributed by atoms with Gasteiger partial charge in [0.25, 0.3) is 0 Å². The number of ketones is 1. The molecule has 1 amide bonds. The van der Waals surface area contributed by atoms with Crippen LogP contribution in [0.15, 0.2) is 114 Å². The highest BCUT2D eigenvalue weighted by Gasteiger charge is 2.43. The molecule has 0 saturated heterocycles. The van der Waals surface area contributed by atoms with Crippen LogP contribution in [-0.2, 0) is 22.6 Å². The predicted octanol–water partition coefficient (Wildman–Crippen LogP) is 8.30. The smallest absolute Gasteiger partial charge is 0.232 e. The summed E-state index contributed by atoms with van der Waals surface area (Å²) >= 11 is 6.12. The molecule has 42 heavy (non-hydrogen) atoms. The molecule has 6 heteroatoms. The number of rotatable bonds is 6. The number of hydrogen-bond donors (Lipinski definition) is 1. The first kappa shape index (κ1) is 27.8. The Labute approximate surface area is 251 Å². The third-order valence-electron chi connectivity index (χ3n) is 7.88. The van der Waals surface area contributed by atoms with Gasteiger partial charge >= 0.3 is 0 Å². The Morgan fingerprint density at radius 1 is 0.881 bits per heavy atom. The van der Waals surface area contributed by atoms with E-state index in [4.69, 9.17) is 16.3 Å². The number of nitrogens with one attached hydrogen (secondary N) is 1. The van der Waals surface area contributed by atoms with Crippen LogP contribution < -0.4 is 15.0 Å². The Morgan fingerprint density at radius 3 is 2.31 bits per heavy atom. The Kier molecular flexibility index (Phi) is 7.61. The highest BCUT2D eigenvalue weighted by atomic mass is 35.5. The normalized spacial score (nSPS) is 17.5. The number of allylic oxidation sites excluding steroid dienone is 1. The van der Waals surface area contributed by atoms with Gasteiger partial charge in [-0.25, -0.2) is 0 Å². The summed E-state index contributed by atoms with van der Waals surface area (Å²) in [5.41, 5.74) is 5.67. The zero-order valence-electron chi connectivity index (χ0n) is 23.8. The lowest BCUT2D eigenvalue weighted by atomic mass is 9.73. The number of carbonyl (C=O) groups excluding carboxylic acids is 2. The number of benzene rings is 4. The van der Waals surface area contributed by atoms with Gasteiger partial charge in [0.15, 0.2) is 5.78 Å². The van der Waals surface area contributed by atoms with Crippen molar-refractivity contribution >= 4 is 34.7 Å². The second-order valence-electron chi connectivity index (χ2n) is 11.8. The van der Waals surface area contributed by atoms with E-state index in [1.54, 1.807) is 17.0 Å². The Hall–Kier alpha value is -4.35. The predicted molar refractivity (Wildman–Crippen MR) is 168 cm³/mol. The van der Waals surface area contributed by atoms with Crippen LogP contribution in [0.25, 0.3) is 0 Å². The first-order chi connectivity index (χ1) is 20.3. The molecule has 2 aliphatic rings. The highest BCUT2D eigenvalue weighted by molar-refractivity contribution is 6.30. The number of Topliss-reactive ketones (excluding diaryl/α,β-unsaturated/α-hetero) is 1. The minimum atomic E-state index is -0.595. The number of nitrogens with zero attached hydrogens (tertiary/aromatic N) is 1. The topological polar surface area (TPSA) is 58.6 Å². The third-order valence-corrected chi connectivity index (χ3v) is 8.13. The molecule has 0 spiro atoms. The fraction of sp³-hybridized carbons (Fsp3) is 0.222. The van der Waals surface area contributed by atoms with E-state index >= 15 is 0 Å². The average Bonchev–Trinajstić information content (AvgIpc) is 3.12. The summed E-state index contributed by atoms with van der Waals surface area (Å²) in [5.74, 6) is 0.673. The van der Waals surface area contributed by atoms with Crippen molar-refractivity contribution in [2.75, 3.05) is 10.2 Å². The lowest BCUT2D eigenvalue weighted by molar-refractivity contribution is -0.119. The molecule has 4 aromatic carbocycles. The van der Waals surface area contributed by atoms with Crippen molar-refractivity contribution in [1.29, 1.82) is 0 Å². The molecule has 0 unspecified atom stereocenters. The van der Waals surface area contributed by atoms with Crippen LogP contribution in [0.3, 0.4) is 0 Å². The maximum absolute atomic E-state index is 14.3. The van der Waals surface area contributed by atoms with Crippen LogP contribution in [0.5, 0.6) is 5.75 Å². The van der Waals surface area contributed by atoms with Crippen LogP contribution >= 0.6 is 11.6 Å². The molecule has 4 aromatic rings. The molecule has 1 aliphatic carbocycles. The second-order valence-corrected chi connectivity index (χ2v) is 12.2. The largest absolute Gasteiger partial charge is 0.489 e. The van der Waals surface area contributed by atoms with E-state index in [9.17, 15) is 9.59 Å². The van der Waals surface area contributed by atoms with E-state index in [1.807, 2.05) is 91.0 Å². The lowest BCUT2D eigenvalue weighted by Crippen LogP contribution is -2.40. The molecule has 5 nitrogen and oxygen atoms in total. The summed E-state index contributed by atoms with van der Waals surface area (Å²) in [6.07, 6.45) is 1.29. The van der Waals surface area contributed by atoms with E-state index in [0.717, 1.165) is 39.5 Å². The van der Waals surface area contributed by atoms with E-state index in [2.05, 4.69) is 19.2 Å². The number of halogens is 1. The van der Waals surface area contributed by atoms with Gasteiger partial charge < -0.3 is 10.1 Å². The van der Waals surface area contributed by atoms with Gasteiger partial charge in [-0.15, -0.1) is 0 Å². The molecule has 1 aliphatic heterocycles. The molecule has 0 aromatic heterocycles. The fourth-order valence-corrected chi connectivity index (χ4v) is 6.05. The maximum atomic E-state index is 14.3. The molecule has 0 fully saturated rings. The lowest BCUT2D eigenvalue weighted by Gasteiger charge is -2.37. The van der Waals surface area contributed by atoms with Crippen molar-refractivity contribution in [3.8, 4) is 5.75 Å². The summed E-state index contributed by atoms with van der Waals surface area (Å²) in [5, 5.41) is 4.19. The van der Waals surface area contributed by atoms with E-state index in [0.29, 0.717) is 30.0 Å².